The Labute approximate surface area is 131 Å². The largest absolute Gasteiger partial charge is 0.289 e. The van der Waals surface area contributed by atoms with Crippen molar-refractivity contribution in [3.8, 4) is 0 Å². The molecule has 0 spiro atoms. The van der Waals surface area contributed by atoms with Gasteiger partial charge in [-0.05, 0) is 53.6 Å². The Balaban J connectivity index is 2.19. The van der Waals surface area contributed by atoms with Crippen LogP contribution in [-0.4, -0.2) is 21.1 Å². The Hall–Kier alpha value is -1.57. The van der Waals surface area contributed by atoms with Gasteiger partial charge in [-0.25, -0.2) is 4.98 Å². The van der Waals surface area contributed by atoms with Crippen LogP contribution in [0.5, 0.6) is 0 Å². The predicted molar refractivity (Wildman–Crippen MR) is 85.7 cm³/mol. The van der Waals surface area contributed by atoms with E-state index in [1.54, 1.807) is 6.07 Å². The van der Waals surface area contributed by atoms with Crippen LogP contribution in [0, 0.1) is 3.57 Å². The van der Waals surface area contributed by atoms with E-state index in [1.807, 2.05) is 32.0 Å². The summed E-state index contributed by atoms with van der Waals surface area (Å²) >= 11 is 2.17. The zero-order valence-electron chi connectivity index (χ0n) is 11.4. The summed E-state index contributed by atoms with van der Waals surface area (Å²) < 4.78 is 1.00. The van der Waals surface area contributed by atoms with Gasteiger partial charge in [-0.15, -0.1) is 10.2 Å². The molecule has 20 heavy (non-hydrogen) atoms. The fourth-order valence-electron chi connectivity index (χ4n) is 1.79. The molecule has 0 atom stereocenters. The van der Waals surface area contributed by atoms with Gasteiger partial charge >= 0.3 is 0 Å². The zero-order chi connectivity index (χ0) is 14.5. The highest BCUT2D eigenvalue weighted by molar-refractivity contribution is 14.1. The van der Waals surface area contributed by atoms with Crippen molar-refractivity contribution in [2.24, 2.45) is 0 Å². The molecule has 0 bridgehead atoms. The van der Waals surface area contributed by atoms with E-state index in [2.05, 4.69) is 43.1 Å². The second-order valence-electron chi connectivity index (χ2n) is 4.20. The molecule has 0 saturated carbocycles. The van der Waals surface area contributed by atoms with E-state index >= 15 is 0 Å². The van der Waals surface area contributed by atoms with E-state index < -0.39 is 0 Å². The minimum atomic E-state index is -0.225. The number of hydrogen-bond acceptors (Lipinski definition) is 4. The van der Waals surface area contributed by atoms with Crippen LogP contribution in [0.1, 0.15) is 35.6 Å². The summed E-state index contributed by atoms with van der Waals surface area (Å²) in [4.78, 5) is 16.4. The van der Waals surface area contributed by atoms with Crippen LogP contribution in [0.3, 0.4) is 0 Å². The topological polar surface area (TPSA) is 67.8 Å². The van der Waals surface area contributed by atoms with E-state index in [9.17, 15) is 4.79 Å². The smallest absolute Gasteiger partial charge is 0.258 e. The van der Waals surface area contributed by atoms with E-state index in [4.69, 9.17) is 0 Å². The molecule has 1 aromatic heterocycles. The highest BCUT2D eigenvalue weighted by atomic mass is 127. The number of carbonyl (C=O) groups is 1. The van der Waals surface area contributed by atoms with Crippen LogP contribution in [0.4, 0.5) is 5.95 Å². The van der Waals surface area contributed by atoms with Gasteiger partial charge in [0.15, 0.2) is 0 Å². The molecule has 0 fully saturated rings. The highest BCUT2D eigenvalue weighted by Crippen LogP contribution is 2.11. The van der Waals surface area contributed by atoms with Gasteiger partial charge in [0.05, 0.1) is 11.4 Å². The molecule has 1 heterocycles. The summed E-state index contributed by atoms with van der Waals surface area (Å²) in [7, 11) is 0. The lowest BCUT2D eigenvalue weighted by atomic mass is 10.2. The third-order valence-corrected chi connectivity index (χ3v) is 3.49. The average molecular weight is 382 g/mol. The number of anilines is 1. The summed E-state index contributed by atoms with van der Waals surface area (Å²) in [5.74, 6) is 0.0273. The molecule has 1 aromatic carbocycles. The highest BCUT2D eigenvalue weighted by Gasteiger charge is 2.11. The Morgan fingerprint density at radius 1 is 1.20 bits per heavy atom. The number of amides is 1. The minimum absolute atomic E-state index is 0.225. The molecule has 0 aliphatic heterocycles. The Kier molecular flexibility index (Phi) is 4.99. The second-order valence-corrected chi connectivity index (χ2v) is 5.45. The van der Waals surface area contributed by atoms with Crippen LogP contribution >= 0.6 is 22.6 Å². The number of carbonyl (C=O) groups excluding carboxylic acids is 1. The number of aromatic nitrogens is 3. The first-order valence-electron chi connectivity index (χ1n) is 6.43. The molecule has 5 nitrogen and oxygen atoms in total. The van der Waals surface area contributed by atoms with Gasteiger partial charge in [-0.2, -0.15) is 0 Å². The molecular formula is C14H15IN4O. The Bertz CT molecular complexity index is 630. The average Bonchev–Trinajstić information content (AvgIpc) is 2.47. The third-order valence-electron chi connectivity index (χ3n) is 2.82. The standard InChI is InChI=1S/C14H15IN4O/c1-3-11-12(4-2)18-19-14(16-11)17-13(20)9-6-5-7-10(15)8-9/h5-8H,3-4H2,1-2H3,(H,16,17,19,20). The lowest BCUT2D eigenvalue weighted by Crippen LogP contribution is -2.16. The van der Waals surface area contributed by atoms with Crippen molar-refractivity contribution in [3.05, 3.63) is 44.8 Å². The monoisotopic (exact) mass is 382 g/mol. The summed E-state index contributed by atoms with van der Waals surface area (Å²) in [6, 6.07) is 7.34. The van der Waals surface area contributed by atoms with E-state index in [1.165, 1.54) is 0 Å². The van der Waals surface area contributed by atoms with Crippen molar-refractivity contribution < 1.29 is 4.79 Å². The van der Waals surface area contributed by atoms with Crippen molar-refractivity contribution >= 4 is 34.4 Å². The first-order valence-corrected chi connectivity index (χ1v) is 7.51. The minimum Gasteiger partial charge on any atom is -0.289 e. The number of hydrogen-bond donors (Lipinski definition) is 1. The van der Waals surface area contributed by atoms with Crippen LogP contribution in [0.25, 0.3) is 0 Å². The summed E-state index contributed by atoms with van der Waals surface area (Å²) in [5, 5.41) is 10.7. The van der Waals surface area contributed by atoms with Gasteiger partial charge in [0.25, 0.3) is 5.91 Å². The van der Waals surface area contributed by atoms with Gasteiger partial charge in [0.2, 0.25) is 5.95 Å². The van der Waals surface area contributed by atoms with Crippen molar-refractivity contribution in [1.82, 2.24) is 15.2 Å². The molecule has 2 rings (SSSR count). The molecule has 6 heteroatoms. The molecule has 0 saturated heterocycles. The van der Waals surface area contributed by atoms with Crippen molar-refractivity contribution in [2.45, 2.75) is 26.7 Å². The third kappa shape index (κ3) is 3.50. The van der Waals surface area contributed by atoms with E-state index in [0.29, 0.717) is 5.56 Å². The van der Waals surface area contributed by atoms with Crippen LogP contribution in [0.2, 0.25) is 0 Å². The van der Waals surface area contributed by atoms with Crippen LogP contribution in [0.15, 0.2) is 24.3 Å². The number of aryl methyl sites for hydroxylation is 2. The lowest BCUT2D eigenvalue weighted by molar-refractivity contribution is 0.102. The normalized spacial score (nSPS) is 10.3. The number of halogens is 1. The number of nitrogens with zero attached hydrogens (tertiary/aromatic N) is 3. The molecule has 2 aromatic rings. The fraction of sp³-hybridized carbons (Fsp3) is 0.286. The zero-order valence-corrected chi connectivity index (χ0v) is 13.5. The van der Waals surface area contributed by atoms with Crippen molar-refractivity contribution in [2.75, 3.05) is 5.32 Å². The van der Waals surface area contributed by atoms with Crippen molar-refractivity contribution in [3.63, 3.8) is 0 Å². The molecule has 1 amide bonds. The van der Waals surface area contributed by atoms with E-state index in [-0.39, 0.29) is 11.9 Å². The van der Waals surface area contributed by atoms with E-state index in [0.717, 1.165) is 27.8 Å². The maximum atomic E-state index is 12.1. The van der Waals surface area contributed by atoms with Gasteiger partial charge in [0, 0.05) is 9.13 Å². The summed E-state index contributed by atoms with van der Waals surface area (Å²) in [6.07, 6.45) is 1.55. The lowest BCUT2D eigenvalue weighted by Gasteiger charge is -2.07. The molecule has 0 unspecified atom stereocenters. The Morgan fingerprint density at radius 2 is 1.95 bits per heavy atom. The summed E-state index contributed by atoms with van der Waals surface area (Å²) in [6.45, 7) is 4.02. The SMILES string of the molecule is CCc1nnc(NC(=O)c2cccc(I)c2)nc1CC. The second kappa shape index (κ2) is 6.74. The molecular weight excluding hydrogens is 367 g/mol. The van der Waals surface area contributed by atoms with Crippen LogP contribution < -0.4 is 5.32 Å². The van der Waals surface area contributed by atoms with Gasteiger partial charge < -0.3 is 0 Å². The molecule has 0 radical (unpaired) electrons. The molecule has 0 aliphatic carbocycles. The maximum Gasteiger partial charge on any atom is 0.258 e. The number of nitrogens with one attached hydrogen (secondary N) is 1. The molecule has 0 aliphatic rings. The Morgan fingerprint density at radius 3 is 2.60 bits per heavy atom. The summed E-state index contributed by atoms with van der Waals surface area (Å²) in [5.41, 5.74) is 2.33. The first kappa shape index (κ1) is 14.8. The quantitative estimate of drug-likeness (QED) is 0.826. The fourth-order valence-corrected chi connectivity index (χ4v) is 2.34. The van der Waals surface area contributed by atoms with Crippen molar-refractivity contribution in [1.29, 1.82) is 0 Å². The number of benzene rings is 1. The number of rotatable bonds is 4. The first-order chi connectivity index (χ1) is 9.63. The van der Waals surface area contributed by atoms with Gasteiger partial charge in [-0.1, -0.05) is 19.9 Å². The molecule has 1 N–H and O–H groups in total. The molecule has 104 valence electrons. The predicted octanol–water partition coefficient (Wildman–Crippen LogP) is 2.85. The van der Waals surface area contributed by atoms with Gasteiger partial charge in [0.1, 0.15) is 0 Å². The maximum absolute atomic E-state index is 12.1. The van der Waals surface area contributed by atoms with Crippen LogP contribution in [-0.2, 0) is 12.8 Å². The van der Waals surface area contributed by atoms with Gasteiger partial charge in [-0.3, -0.25) is 10.1 Å².